The summed E-state index contributed by atoms with van der Waals surface area (Å²) in [7, 11) is 0. The van der Waals surface area contributed by atoms with E-state index in [2.05, 4.69) is 28.2 Å². The second-order valence-corrected chi connectivity index (χ2v) is 5.29. The lowest BCUT2D eigenvalue weighted by molar-refractivity contribution is -0.116. The van der Waals surface area contributed by atoms with Crippen molar-refractivity contribution >= 4 is 27.5 Å². The lowest BCUT2D eigenvalue weighted by atomic mass is 10.1. The van der Waals surface area contributed by atoms with Crippen LogP contribution in [0.1, 0.15) is 44.6 Å². The molecule has 0 bridgehead atoms. The van der Waals surface area contributed by atoms with E-state index < -0.39 is 0 Å². The molecule has 0 aliphatic rings. The Morgan fingerprint density at radius 3 is 2.72 bits per heavy atom. The number of rotatable bonds is 6. The topological polar surface area (TPSA) is 29.1 Å². The van der Waals surface area contributed by atoms with Crippen molar-refractivity contribution in [2.24, 2.45) is 0 Å². The predicted octanol–water partition coefficient (Wildman–Crippen LogP) is 4.81. The number of amides is 1. The molecule has 2 nitrogen and oxygen atoms in total. The van der Waals surface area contributed by atoms with E-state index in [1.807, 2.05) is 0 Å². The summed E-state index contributed by atoms with van der Waals surface area (Å²) in [5.41, 5.74) is 1.40. The Kier molecular flexibility index (Phi) is 6.33. The maximum absolute atomic E-state index is 13.2. The standard InChI is InChI=1S/C14H19BrFNO/c1-3-4-5-6-7-14(18)17-13-9-11(15)12(16)8-10(13)2/h8-9H,3-7H2,1-2H3,(H,17,18). The van der Waals surface area contributed by atoms with Gasteiger partial charge in [-0.05, 0) is 47.0 Å². The fourth-order valence-corrected chi connectivity index (χ4v) is 2.05. The van der Waals surface area contributed by atoms with Crippen LogP contribution in [0.5, 0.6) is 0 Å². The van der Waals surface area contributed by atoms with Gasteiger partial charge >= 0.3 is 0 Å². The van der Waals surface area contributed by atoms with Crippen molar-refractivity contribution in [2.45, 2.75) is 46.0 Å². The van der Waals surface area contributed by atoms with Gasteiger partial charge in [-0.3, -0.25) is 4.79 Å². The Bertz CT molecular complexity index is 421. The van der Waals surface area contributed by atoms with Crippen LogP contribution in [0.3, 0.4) is 0 Å². The molecule has 0 spiro atoms. The molecule has 1 amide bonds. The van der Waals surface area contributed by atoms with Gasteiger partial charge in [-0.25, -0.2) is 4.39 Å². The van der Waals surface area contributed by atoms with E-state index >= 15 is 0 Å². The lowest BCUT2D eigenvalue weighted by Crippen LogP contribution is -2.12. The van der Waals surface area contributed by atoms with Gasteiger partial charge in [0.25, 0.3) is 0 Å². The summed E-state index contributed by atoms with van der Waals surface area (Å²) in [6.45, 7) is 3.92. The van der Waals surface area contributed by atoms with Crippen molar-refractivity contribution in [1.29, 1.82) is 0 Å². The van der Waals surface area contributed by atoms with Gasteiger partial charge in [-0.15, -0.1) is 0 Å². The fourth-order valence-electron chi connectivity index (χ4n) is 1.71. The first-order chi connectivity index (χ1) is 8.54. The minimum absolute atomic E-state index is 0.00675. The van der Waals surface area contributed by atoms with Crippen molar-refractivity contribution in [2.75, 3.05) is 5.32 Å². The molecule has 1 rings (SSSR count). The van der Waals surface area contributed by atoms with Crippen LogP contribution < -0.4 is 5.32 Å². The summed E-state index contributed by atoms with van der Waals surface area (Å²) < 4.78 is 13.6. The van der Waals surface area contributed by atoms with Crippen LogP contribution in [0.2, 0.25) is 0 Å². The van der Waals surface area contributed by atoms with Gasteiger partial charge in [0.2, 0.25) is 5.91 Å². The van der Waals surface area contributed by atoms with E-state index in [1.165, 1.54) is 6.07 Å². The number of hydrogen-bond donors (Lipinski definition) is 1. The van der Waals surface area contributed by atoms with Crippen molar-refractivity contribution in [3.8, 4) is 0 Å². The zero-order valence-electron chi connectivity index (χ0n) is 10.9. The summed E-state index contributed by atoms with van der Waals surface area (Å²) in [5, 5.41) is 2.82. The number of carbonyl (C=O) groups is 1. The highest BCUT2D eigenvalue weighted by molar-refractivity contribution is 9.10. The molecule has 100 valence electrons. The van der Waals surface area contributed by atoms with E-state index in [1.54, 1.807) is 13.0 Å². The second kappa shape index (κ2) is 7.52. The maximum atomic E-state index is 13.2. The zero-order valence-corrected chi connectivity index (χ0v) is 12.4. The van der Waals surface area contributed by atoms with Gasteiger partial charge in [0.1, 0.15) is 5.82 Å². The third kappa shape index (κ3) is 4.77. The molecular weight excluding hydrogens is 297 g/mol. The summed E-state index contributed by atoms with van der Waals surface area (Å²) >= 11 is 3.12. The highest BCUT2D eigenvalue weighted by atomic mass is 79.9. The quantitative estimate of drug-likeness (QED) is 0.750. The summed E-state index contributed by atoms with van der Waals surface area (Å²) in [4.78, 5) is 11.7. The van der Waals surface area contributed by atoms with Crippen LogP contribution in [0.15, 0.2) is 16.6 Å². The molecule has 0 unspecified atom stereocenters. The van der Waals surface area contributed by atoms with Crippen LogP contribution in [0.25, 0.3) is 0 Å². The highest BCUT2D eigenvalue weighted by Crippen LogP contribution is 2.24. The molecule has 0 saturated heterocycles. The minimum Gasteiger partial charge on any atom is -0.326 e. The molecule has 0 heterocycles. The van der Waals surface area contributed by atoms with Crippen molar-refractivity contribution in [3.05, 3.63) is 28.0 Å². The Morgan fingerprint density at radius 2 is 2.06 bits per heavy atom. The second-order valence-electron chi connectivity index (χ2n) is 4.44. The monoisotopic (exact) mass is 315 g/mol. The van der Waals surface area contributed by atoms with E-state index in [9.17, 15) is 9.18 Å². The van der Waals surface area contributed by atoms with Crippen molar-refractivity contribution < 1.29 is 9.18 Å². The molecule has 0 radical (unpaired) electrons. The Labute approximate surface area is 116 Å². The largest absolute Gasteiger partial charge is 0.326 e. The molecule has 18 heavy (non-hydrogen) atoms. The number of nitrogens with one attached hydrogen (secondary N) is 1. The van der Waals surface area contributed by atoms with E-state index in [4.69, 9.17) is 0 Å². The fraction of sp³-hybridized carbons (Fsp3) is 0.500. The predicted molar refractivity (Wildman–Crippen MR) is 76.2 cm³/mol. The third-order valence-electron chi connectivity index (χ3n) is 2.80. The van der Waals surface area contributed by atoms with Crippen LogP contribution in [0.4, 0.5) is 10.1 Å². The molecule has 0 aromatic heterocycles. The number of benzene rings is 1. The van der Waals surface area contributed by atoms with E-state index in [0.29, 0.717) is 16.6 Å². The molecule has 0 saturated carbocycles. The average Bonchev–Trinajstić information content (AvgIpc) is 2.32. The molecule has 4 heteroatoms. The summed E-state index contributed by atoms with van der Waals surface area (Å²) in [5.74, 6) is -0.318. The van der Waals surface area contributed by atoms with E-state index in [-0.39, 0.29) is 11.7 Å². The molecular formula is C14H19BrFNO. The number of carbonyl (C=O) groups excluding carboxylic acids is 1. The maximum Gasteiger partial charge on any atom is 0.224 e. The number of aryl methyl sites for hydroxylation is 1. The van der Waals surface area contributed by atoms with Crippen LogP contribution in [-0.4, -0.2) is 5.91 Å². The van der Waals surface area contributed by atoms with Gasteiger partial charge in [0, 0.05) is 12.1 Å². The Balaban J connectivity index is 2.51. The Hall–Kier alpha value is -0.900. The summed E-state index contributed by atoms with van der Waals surface area (Å²) in [6, 6.07) is 3.02. The third-order valence-corrected chi connectivity index (χ3v) is 3.41. The van der Waals surface area contributed by atoms with Crippen LogP contribution in [0, 0.1) is 12.7 Å². The lowest BCUT2D eigenvalue weighted by Gasteiger charge is -2.09. The smallest absolute Gasteiger partial charge is 0.224 e. The van der Waals surface area contributed by atoms with Gasteiger partial charge in [0.15, 0.2) is 0 Å². The van der Waals surface area contributed by atoms with Crippen LogP contribution >= 0.6 is 15.9 Å². The summed E-state index contributed by atoms with van der Waals surface area (Å²) in [6.07, 6.45) is 4.82. The number of halogens is 2. The molecule has 0 aliphatic heterocycles. The van der Waals surface area contributed by atoms with Gasteiger partial charge < -0.3 is 5.32 Å². The number of anilines is 1. The molecule has 0 fully saturated rings. The van der Waals surface area contributed by atoms with E-state index in [0.717, 1.165) is 31.2 Å². The normalized spacial score (nSPS) is 10.4. The van der Waals surface area contributed by atoms with Gasteiger partial charge in [0.05, 0.1) is 4.47 Å². The highest BCUT2D eigenvalue weighted by Gasteiger charge is 2.08. The Morgan fingerprint density at radius 1 is 1.33 bits per heavy atom. The average molecular weight is 316 g/mol. The first-order valence-electron chi connectivity index (χ1n) is 6.30. The van der Waals surface area contributed by atoms with Crippen molar-refractivity contribution in [3.63, 3.8) is 0 Å². The minimum atomic E-state index is -0.312. The number of hydrogen-bond acceptors (Lipinski definition) is 1. The zero-order chi connectivity index (χ0) is 13.5. The number of unbranched alkanes of at least 4 members (excludes halogenated alkanes) is 3. The SMILES string of the molecule is CCCCCCC(=O)Nc1cc(Br)c(F)cc1C. The van der Waals surface area contributed by atoms with Crippen molar-refractivity contribution in [1.82, 2.24) is 0 Å². The van der Waals surface area contributed by atoms with Gasteiger partial charge in [-0.1, -0.05) is 26.2 Å². The molecule has 1 aromatic rings. The molecule has 0 aliphatic carbocycles. The molecule has 1 N–H and O–H groups in total. The first-order valence-corrected chi connectivity index (χ1v) is 7.09. The van der Waals surface area contributed by atoms with Gasteiger partial charge in [-0.2, -0.15) is 0 Å². The molecule has 0 atom stereocenters. The molecule has 1 aromatic carbocycles. The van der Waals surface area contributed by atoms with Crippen LogP contribution in [-0.2, 0) is 4.79 Å². The first kappa shape index (κ1) is 15.2.